The summed E-state index contributed by atoms with van der Waals surface area (Å²) >= 11 is 0. The molecule has 1 heterocycles. The van der Waals surface area contributed by atoms with E-state index in [-0.39, 0.29) is 23.5 Å². The van der Waals surface area contributed by atoms with Crippen molar-refractivity contribution >= 4 is 5.97 Å². The average molecular weight is 267 g/mol. The molecule has 0 aromatic heterocycles. The third-order valence-electron chi connectivity index (χ3n) is 4.93. The fourth-order valence-corrected chi connectivity index (χ4v) is 3.34. The van der Waals surface area contributed by atoms with Crippen LogP contribution in [0.4, 0.5) is 0 Å². The van der Waals surface area contributed by atoms with Gasteiger partial charge in [-0.1, -0.05) is 27.7 Å². The van der Waals surface area contributed by atoms with Crippen molar-refractivity contribution in [2.75, 3.05) is 6.54 Å². The van der Waals surface area contributed by atoms with Crippen molar-refractivity contribution in [3.8, 4) is 0 Å². The van der Waals surface area contributed by atoms with Crippen molar-refractivity contribution in [2.45, 2.75) is 78.4 Å². The standard InChI is InChI=1S/C16H29NO2/c1-15(2)9-6-12(7-10-15)19-14(18)13-16(3,4)8-5-11-17-13/h12-13,17H,5-11H2,1-4H3. The molecule has 3 nitrogen and oxygen atoms in total. The van der Waals surface area contributed by atoms with Gasteiger partial charge in [0.2, 0.25) is 0 Å². The minimum absolute atomic E-state index is 0.0171. The Morgan fingerprint density at radius 2 is 1.74 bits per heavy atom. The molecular weight excluding hydrogens is 238 g/mol. The van der Waals surface area contributed by atoms with Gasteiger partial charge in [0.1, 0.15) is 12.1 Å². The van der Waals surface area contributed by atoms with Crippen LogP contribution in [0.3, 0.4) is 0 Å². The topological polar surface area (TPSA) is 38.3 Å². The van der Waals surface area contributed by atoms with Crippen molar-refractivity contribution in [3.63, 3.8) is 0 Å². The maximum absolute atomic E-state index is 12.4. The van der Waals surface area contributed by atoms with E-state index in [1.807, 2.05) is 0 Å². The fourth-order valence-electron chi connectivity index (χ4n) is 3.34. The van der Waals surface area contributed by atoms with Crippen LogP contribution in [0.5, 0.6) is 0 Å². The molecule has 0 amide bonds. The molecule has 2 rings (SSSR count). The van der Waals surface area contributed by atoms with Crippen molar-refractivity contribution < 1.29 is 9.53 Å². The predicted octanol–water partition coefficient (Wildman–Crippen LogP) is 3.28. The Hall–Kier alpha value is -0.570. The Balaban J connectivity index is 1.87. The summed E-state index contributed by atoms with van der Waals surface area (Å²) in [6.45, 7) is 9.86. The van der Waals surface area contributed by atoms with E-state index in [9.17, 15) is 4.79 Å². The van der Waals surface area contributed by atoms with Crippen molar-refractivity contribution in [3.05, 3.63) is 0 Å². The molecule has 1 aliphatic carbocycles. The molecule has 110 valence electrons. The highest BCUT2D eigenvalue weighted by molar-refractivity contribution is 5.77. The molecule has 1 N–H and O–H groups in total. The Labute approximate surface area is 117 Å². The van der Waals surface area contributed by atoms with Crippen LogP contribution < -0.4 is 5.32 Å². The molecular formula is C16H29NO2. The normalized spacial score (nSPS) is 30.8. The molecule has 1 atom stereocenters. The van der Waals surface area contributed by atoms with Crippen LogP contribution in [0.15, 0.2) is 0 Å². The van der Waals surface area contributed by atoms with Crippen LogP contribution in [0.1, 0.15) is 66.2 Å². The first-order valence-electron chi connectivity index (χ1n) is 7.74. The van der Waals surface area contributed by atoms with E-state index in [1.165, 1.54) is 0 Å². The number of rotatable bonds is 2. The van der Waals surface area contributed by atoms with Gasteiger partial charge in [-0.2, -0.15) is 0 Å². The number of ether oxygens (including phenoxy) is 1. The monoisotopic (exact) mass is 267 g/mol. The summed E-state index contributed by atoms with van der Waals surface area (Å²) in [5, 5.41) is 3.34. The largest absolute Gasteiger partial charge is 0.461 e. The Morgan fingerprint density at radius 3 is 2.32 bits per heavy atom. The number of hydrogen-bond donors (Lipinski definition) is 1. The lowest BCUT2D eigenvalue weighted by molar-refractivity contribution is -0.158. The summed E-state index contributed by atoms with van der Waals surface area (Å²) in [5.74, 6) is -0.0330. The van der Waals surface area contributed by atoms with Crippen LogP contribution in [0, 0.1) is 10.8 Å². The lowest BCUT2D eigenvalue weighted by Crippen LogP contribution is -2.53. The van der Waals surface area contributed by atoms with E-state index in [4.69, 9.17) is 4.74 Å². The third-order valence-corrected chi connectivity index (χ3v) is 4.93. The van der Waals surface area contributed by atoms with Gasteiger partial charge in [-0.05, 0) is 55.9 Å². The van der Waals surface area contributed by atoms with Gasteiger partial charge in [-0.25, -0.2) is 0 Å². The zero-order valence-corrected chi connectivity index (χ0v) is 12.9. The lowest BCUT2D eigenvalue weighted by Gasteiger charge is -2.39. The highest BCUT2D eigenvalue weighted by Gasteiger charge is 2.39. The second-order valence-corrected chi connectivity index (χ2v) is 7.78. The second-order valence-electron chi connectivity index (χ2n) is 7.78. The SMILES string of the molecule is CC1(C)CCC(OC(=O)C2NCCCC2(C)C)CC1. The van der Waals surface area contributed by atoms with Crippen molar-refractivity contribution in [1.82, 2.24) is 5.32 Å². The molecule has 3 heteroatoms. The van der Waals surface area contributed by atoms with Crippen LogP contribution in [0.25, 0.3) is 0 Å². The molecule has 0 bridgehead atoms. The van der Waals surface area contributed by atoms with E-state index < -0.39 is 0 Å². The Bertz CT molecular complexity index is 326. The number of hydrogen-bond acceptors (Lipinski definition) is 3. The Kier molecular flexibility index (Phi) is 4.24. The molecule has 1 aliphatic heterocycles. The number of esters is 1. The van der Waals surface area contributed by atoms with Crippen molar-refractivity contribution in [1.29, 1.82) is 0 Å². The summed E-state index contributed by atoms with van der Waals surface area (Å²) in [6.07, 6.45) is 6.74. The fraction of sp³-hybridized carbons (Fsp3) is 0.938. The van der Waals surface area contributed by atoms with E-state index in [1.54, 1.807) is 0 Å². The Morgan fingerprint density at radius 1 is 1.11 bits per heavy atom. The summed E-state index contributed by atoms with van der Waals surface area (Å²) < 4.78 is 5.76. The summed E-state index contributed by atoms with van der Waals surface area (Å²) in [5.41, 5.74) is 0.439. The molecule has 0 radical (unpaired) electrons. The average Bonchev–Trinajstić information content (AvgIpc) is 2.31. The van der Waals surface area contributed by atoms with Crippen LogP contribution in [-0.4, -0.2) is 24.7 Å². The van der Waals surface area contributed by atoms with Crippen molar-refractivity contribution in [2.24, 2.45) is 10.8 Å². The molecule has 2 fully saturated rings. The van der Waals surface area contributed by atoms with Crippen LogP contribution in [-0.2, 0) is 9.53 Å². The number of nitrogens with one attached hydrogen (secondary N) is 1. The number of carbonyl (C=O) groups is 1. The highest BCUT2D eigenvalue weighted by atomic mass is 16.5. The molecule has 1 unspecified atom stereocenters. The number of carbonyl (C=O) groups excluding carboxylic acids is 1. The first-order valence-corrected chi connectivity index (χ1v) is 7.74. The summed E-state index contributed by atoms with van der Waals surface area (Å²) in [7, 11) is 0. The van der Waals surface area contributed by atoms with Gasteiger partial charge in [0.15, 0.2) is 0 Å². The zero-order valence-electron chi connectivity index (χ0n) is 12.9. The highest BCUT2D eigenvalue weighted by Crippen LogP contribution is 2.37. The zero-order chi connectivity index (χ0) is 14.1. The molecule has 19 heavy (non-hydrogen) atoms. The van der Waals surface area contributed by atoms with Gasteiger partial charge in [0.25, 0.3) is 0 Å². The third kappa shape index (κ3) is 3.71. The quantitative estimate of drug-likeness (QED) is 0.780. The first kappa shape index (κ1) is 14.8. The second kappa shape index (κ2) is 5.43. The number of piperidine rings is 1. The van der Waals surface area contributed by atoms with E-state index in [0.717, 1.165) is 45.1 Å². The predicted molar refractivity (Wildman–Crippen MR) is 76.9 cm³/mol. The minimum atomic E-state index is -0.129. The van der Waals surface area contributed by atoms with Gasteiger partial charge in [-0.15, -0.1) is 0 Å². The van der Waals surface area contributed by atoms with Crippen LogP contribution >= 0.6 is 0 Å². The van der Waals surface area contributed by atoms with E-state index in [0.29, 0.717) is 5.41 Å². The maximum atomic E-state index is 12.4. The smallest absolute Gasteiger partial charge is 0.323 e. The van der Waals surface area contributed by atoms with Gasteiger partial charge < -0.3 is 10.1 Å². The van der Waals surface area contributed by atoms with E-state index >= 15 is 0 Å². The molecule has 0 spiro atoms. The molecule has 0 aromatic rings. The van der Waals surface area contributed by atoms with Crippen LogP contribution in [0.2, 0.25) is 0 Å². The molecule has 0 aromatic carbocycles. The molecule has 2 aliphatic rings. The summed E-state index contributed by atoms with van der Waals surface area (Å²) in [4.78, 5) is 12.4. The summed E-state index contributed by atoms with van der Waals surface area (Å²) in [6, 6.07) is -0.129. The van der Waals surface area contributed by atoms with Gasteiger partial charge in [0.05, 0.1) is 0 Å². The van der Waals surface area contributed by atoms with Gasteiger partial charge in [-0.3, -0.25) is 4.79 Å². The maximum Gasteiger partial charge on any atom is 0.323 e. The van der Waals surface area contributed by atoms with E-state index in [2.05, 4.69) is 33.0 Å². The lowest BCUT2D eigenvalue weighted by atomic mass is 9.76. The minimum Gasteiger partial charge on any atom is -0.461 e. The molecule has 1 saturated heterocycles. The first-order chi connectivity index (χ1) is 8.80. The van der Waals surface area contributed by atoms with Gasteiger partial charge in [0, 0.05) is 0 Å². The molecule has 1 saturated carbocycles. The van der Waals surface area contributed by atoms with Gasteiger partial charge >= 0.3 is 5.97 Å².